The summed E-state index contributed by atoms with van der Waals surface area (Å²) in [5, 5.41) is 12.7. The highest BCUT2D eigenvalue weighted by molar-refractivity contribution is 5.85. The molecule has 1 heterocycles. The molecule has 0 aromatic heterocycles. The van der Waals surface area contributed by atoms with Crippen LogP contribution in [-0.2, 0) is 9.53 Å². The first kappa shape index (κ1) is 20.8. The molecule has 0 saturated carbocycles. The molecule has 5 heteroatoms. The van der Waals surface area contributed by atoms with Crippen molar-refractivity contribution < 1.29 is 14.6 Å². The fourth-order valence-corrected chi connectivity index (χ4v) is 3.30. The number of unbranched alkanes of at least 4 members (excludes halogenated alkanes) is 9. The van der Waals surface area contributed by atoms with Gasteiger partial charge in [0, 0.05) is 11.6 Å². The van der Waals surface area contributed by atoms with E-state index in [1.54, 1.807) is 0 Å². The number of cyclic esters (lactones) is 1. The predicted molar refractivity (Wildman–Crippen MR) is 95.4 cm³/mol. The van der Waals surface area contributed by atoms with E-state index in [0.717, 1.165) is 19.3 Å². The summed E-state index contributed by atoms with van der Waals surface area (Å²) < 4.78 is 4.75. The van der Waals surface area contributed by atoms with Crippen molar-refractivity contribution in [3.8, 4) is 0 Å². The molecule has 0 spiro atoms. The molecule has 0 saturated heterocycles. The first-order valence-corrected chi connectivity index (χ1v) is 9.58. The molecule has 24 heavy (non-hydrogen) atoms. The average molecular weight is 339 g/mol. The van der Waals surface area contributed by atoms with Crippen LogP contribution in [0.5, 0.6) is 0 Å². The summed E-state index contributed by atoms with van der Waals surface area (Å²) in [5.41, 5.74) is 0.611. The van der Waals surface area contributed by atoms with Gasteiger partial charge in [-0.25, -0.2) is 4.79 Å². The third-order valence-electron chi connectivity index (χ3n) is 4.74. The number of carbonyl (C=O) groups is 1. The number of aliphatic hydroxyl groups excluding tert-OH is 1. The van der Waals surface area contributed by atoms with Gasteiger partial charge in [0.1, 0.15) is 0 Å². The van der Waals surface area contributed by atoms with Crippen LogP contribution in [0.4, 0.5) is 0 Å². The van der Waals surface area contributed by atoms with E-state index in [0.29, 0.717) is 12.0 Å². The van der Waals surface area contributed by atoms with Crippen molar-refractivity contribution in [1.29, 1.82) is 0 Å². The van der Waals surface area contributed by atoms with Crippen molar-refractivity contribution in [3.05, 3.63) is 16.6 Å². The zero-order valence-corrected chi connectivity index (χ0v) is 15.0. The first-order valence-electron chi connectivity index (χ1n) is 9.58. The van der Waals surface area contributed by atoms with Gasteiger partial charge >= 0.3 is 5.97 Å². The standard InChI is InChI=1S/C19H33NO4/c1-2-3-4-5-6-7-8-9-10-11-12-16(13-14-20-23)17-15-18(21)24-19(17)22/h15-16,19,22H,2-14H2,1H3. The van der Waals surface area contributed by atoms with Crippen LogP contribution < -0.4 is 0 Å². The third kappa shape index (κ3) is 8.57. The summed E-state index contributed by atoms with van der Waals surface area (Å²) >= 11 is 0. The summed E-state index contributed by atoms with van der Waals surface area (Å²) in [5.74, 6) is -0.483. The lowest BCUT2D eigenvalue weighted by molar-refractivity contribution is -0.151. The Balaban J connectivity index is 2.16. The minimum absolute atomic E-state index is 0.0122. The zero-order valence-electron chi connectivity index (χ0n) is 15.0. The van der Waals surface area contributed by atoms with Crippen molar-refractivity contribution in [2.24, 2.45) is 11.1 Å². The Hall–Kier alpha value is -1.23. The minimum Gasteiger partial charge on any atom is -0.429 e. The van der Waals surface area contributed by atoms with Crippen LogP contribution in [0.1, 0.15) is 84.0 Å². The molecule has 0 aromatic rings. The molecule has 138 valence electrons. The van der Waals surface area contributed by atoms with Gasteiger partial charge in [-0.3, -0.25) is 0 Å². The van der Waals surface area contributed by atoms with E-state index in [4.69, 9.17) is 4.74 Å². The van der Waals surface area contributed by atoms with Crippen molar-refractivity contribution in [1.82, 2.24) is 0 Å². The Bertz CT molecular complexity index is 395. The van der Waals surface area contributed by atoms with Crippen LogP contribution in [0.15, 0.2) is 16.8 Å². The monoisotopic (exact) mass is 339 g/mol. The van der Waals surface area contributed by atoms with Crippen molar-refractivity contribution in [2.75, 3.05) is 6.54 Å². The first-order chi connectivity index (χ1) is 11.7. The molecule has 1 aliphatic rings. The fourth-order valence-electron chi connectivity index (χ4n) is 3.30. The molecule has 2 atom stereocenters. The van der Waals surface area contributed by atoms with Gasteiger partial charge in [0.05, 0.1) is 6.54 Å². The molecule has 0 aromatic carbocycles. The molecule has 2 unspecified atom stereocenters. The molecular formula is C19H33NO4. The molecule has 1 rings (SSSR count). The SMILES string of the molecule is CCCCCCCCCCCCC(CCN=O)C1=CC(=O)OC1O. The number of hydrogen-bond acceptors (Lipinski definition) is 5. The molecular weight excluding hydrogens is 306 g/mol. The molecule has 5 nitrogen and oxygen atoms in total. The average Bonchev–Trinajstić information content (AvgIpc) is 2.90. The van der Waals surface area contributed by atoms with Crippen LogP contribution in [0, 0.1) is 10.8 Å². The number of esters is 1. The highest BCUT2D eigenvalue weighted by Gasteiger charge is 2.29. The van der Waals surface area contributed by atoms with Gasteiger partial charge < -0.3 is 9.84 Å². The number of nitrogens with zero attached hydrogens (tertiary/aromatic N) is 1. The second-order valence-corrected chi connectivity index (χ2v) is 6.74. The second kappa shape index (κ2) is 13.1. The van der Waals surface area contributed by atoms with Gasteiger partial charge in [-0.2, -0.15) is 4.91 Å². The summed E-state index contributed by atoms with van der Waals surface area (Å²) in [4.78, 5) is 21.6. The van der Waals surface area contributed by atoms with E-state index in [1.165, 1.54) is 57.4 Å². The Kier molecular flexibility index (Phi) is 11.4. The number of carbonyl (C=O) groups excluding carboxylic acids is 1. The van der Waals surface area contributed by atoms with Crippen molar-refractivity contribution in [2.45, 2.75) is 90.3 Å². The molecule has 0 aliphatic carbocycles. The number of rotatable bonds is 15. The highest BCUT2D eigenvalue weighted by atomic mass is 16.6. The lowest BCUT2D eigenvalue weighted by Crippen LogP contribution is -2.17. The van der Waals surface area contributed by atoms with E-state index in [2.05, 4.69) is 12.1 Å². The number of aliphatic hydroxyl groups is 1. The number of ether oxygens (including phenoxy) is 1. The van der Waals surface area contributed by atoms with Crippen LogP contribution in [-0.4, -0.2) is 23.9 Å². The van der Waals surface area contributed by atoms with E-state index < -0.39 is 12.3 Å². The number of nitroso groups, excluding NO2 is 1. The normalized spacial score (nSPS) is 18.3. The Morgan fingerprint density at radius 1 is 1.04 bits per heavy atom. The predicted octanol–water partition coefficient (Wildman–Crippen LogP) is 4.87. The maximum absolute atomic E-state index is 11.2. The Morgan fingerprint density at radius 2 is 1.62 bits per heavy atom. The van der Waals surface area contributed by atoms with Gasteiger partial charge in [0.15, 0.2) is 0 Å². The van der Waals surface area contributed by atoms with Crippen molar-refractivity contribution in [3.63, 3.8) is 0 Å². The van der Waals surface area contributed by atoms with E-state index in [-0.39, 0.29) is 12.5 Å². The summed E-state index contributed by atoms with van der Waals surface area (Å²) in [6.07, 6.45) is 14.4. The van der Waals surface area contributed by atoms with Crippen LogP contribution in [0.3, 0.4) is 0 Å². The van der Waals surface area contributed by atoms with Crippen LogP contribution >= 0.6 is 0 Å². The van der Waals surface area contributed by atoms with Gasteiger partial charge in [0.25, 0.3) is 0 Å². The van der Waals surface area contributed by atoms with Crippen LogP contribution in [0.25, 0.3) is 0 Å². The largest absolute Gasteiger partial charge is 0.429 e. The quantitative estimate of drug-likeness (QED) is 0.262. The minimum atomic E-state index is -1.14. The van der Waals surface area contributed by atoms with Gasteiger partial charge in [0.2, 0.25) is 6.29 Å². The molecule has 1 aliphatic heterocycles. The van der Waals surface area contributed by atoms with Gasteiger partial charge in [-0.05, 0) is 18.8 Å². The second-order valence-electron chi connectivity index (χ2n) is 6.74. The molecule has 0 fully saturated rings. The highest BCUT2D eigenvalue weighted by Crippen LogP contribution is 2.29. The van der Waals surface area contributed by atoms with E-state index in [9.17, 15) is 14.8 Å². The molecule has 0 radical (unpaired) electrons. The van der Waals surface area contributed by atoms with Gasteiger partial charge in [-0.1, -0.05) is 76.3 Å². The Morgan fingerprint density at radius 3 is 2.12 bits per heavy atom. The van der Waals surface area contributed by atoms with Gasteiger partial charge in [-0.15, -0.1) is 0 Å². The van der Waals surface area contributed by atoms with Crippen molar-refractivity contribution >= 4 is 5.97 Å². The third-order valence-corrected chi connectivity index (χ3v) is 4.74. The maximum atomic E-state index is 11.2. The molecule has 0 amide bonds. The number of hydrogen-bond donors (Lipinski definition) is 1. The zero-order chi connectivity index (χ0) is 17.6. The van der Waals surface area contributed by atoms with E-state index in [1.807, 2.05) is 0 Å². The molecule has 1 N–H and O–H groups in total. The maximum Gasteiger partial charge on any atom is 0.333 e. The topological polar surface area (TPSA) is 76.0 Å². The summed E-state index contributed by atoms with van der Waals surface area (Å²) in [6.45, 7) is 2.45. The smallest absolute Gasteiger partial charge is 0.333 e. The van der Waals surface area contributed by atoms with E-state index >= 15 is 0 Å². The Labute approximate surface area is 145 Å². The van der Waals surface area contributed by atoms with Crippen LogP contribution in [0.2, 0.25) is 0 Å². The lowest BCUT2D eigenvalue weighted by atomic mass is 9.89. The molecule has 0 bridgehead atoms. The lowest BCUT2D eigenvalue weighted by Gasteiger charge is -2.18. The summed E-state index contributed by atoms with van der Waals surface area (Å²) in [6, 6.07) is 0. The summed E-state index contributed by atoms with van der Waals surface area (Å²) in [7, 11) is 0. The fraction of sp³-hybridized carbons (Fsp3) is 0.842.